The summed E-state index contributed by atoms with van der Waals surface area (Å²) >= 11 is 0. The molecule has 9 atom stereocenters. The van der Waals surface area contributed by atoms with Gasteiger partial charge in [-0.15, -0.1) is 0 Å². The van der Waals surface area contributed by atoms with E-state index in [4.69, 9.17) is 33.7 Å². The van der Waals surface area contributed by atoms with Crippen LogP contribution >= 0.6 is 15.6 Å². The molecule has 6 N–H and O–H groups in total. The number of carbonyl (C=O) groups excluding carboxylic acids is 2. The number of ether oxygens (including phenoxy) is 4. The summed E-state index contributed by atoms with van der Waals surface area (Å²) < 4.78 is 62.4. The number of nitrogen functional groups attached to an aromatic ring is 1. The standard InChI is InChI=1S/C46H77N3O16P2/c1-4-5-6-7-8-9-10-11-12-16-19-22-26-37-38(63-37)27-24-29-41(50)59-32-36(62-42(51)28-23-20-17-14-13-15-18-21-25-35(2)3)33-60-66(55,56)65-67(57,58)61-34-39-43(52)44(53)45(64-39)49-31-30-40(47)48-46(49)54/h8-9,11-12,19,22,30-31,35-39,43-45,52-53H,4-7,10,13-18,20-21,23-29,32-34H2,1-3H3,(H,55,56)(H,57,58)(H2,47,48,54)/b9-8-,12-11-,22-19-/t36-,37?,38?,39-,43-,44-,45-/m1/s1. The smallest absolute Gasteiger partial charge is 0.462 e. The minimum absolute atomic E-state index is 0.0327. The van der Waals surface area contributed by atoms with E-state index in [1.165, 1.54) is 51.0 Å². The summed E-state index contributed by atoms with van der Waals surface area (Å²) in [6.07, 6.45) is 24.2. The molecule has 0 aromatic carbocycles. The maximum absolute atomic E-state index is 12.8. The zero-order valence-corrected chi connectivity index (χ0v) is 41.3. The Hall–Kier alpha value is -3.06. The molecule has 19 nitrogen and oxygen atoms in total. The highest BCUT2D eigenvalue weighted by molar-refractivity contribution is 7.61. The lowest BCUT2D eigenvalue weighted by molar-refractivity contribution is -0.161. The number of nitrogens with two attached hydrogens (primary N) is 1. The summed E-state index contributed by atoms with van der Waals surface area (Å²) in [7, 11) is -10.9. The molecule has 4 unspecified atom stereocenters. The molecule has 67 heavy (non-hydrogen) atoms. The summed E-state index contributed by atoms with van der Waals surface area (Å²) in [5.74, 6) is -0.673. The lowest BCUT2D eigenvalue weighted by Gasteiger charge is -2.21. The van der Waals surface area contributed by atoms with Crippen molar-refractivity contribution in [2.24, 2.45) is 5.92 Å². The zero-order valence-electron chi connectivity index (χ0n) is 39.6. The number of aromatic nitrogens is 2. The minimum atomic E-state index is -5.43. The number of hydrogen-bond acceptors (Lipinski definition) is 16. The SMILES string of the molecule is CCCCC/C=C\C/C=C\C/C=C\CC1OC1CCCC(=O)OC[C@H](COP(=O)(O)OP(=O)(O)OC[C@H]1O[C@@H](n2ccc(N)nc2=O)[C@H](O)[C@@H]1O)OC(=O)CCCCCCCCCCC(C)C. The van der Waals surface area contributed by atoms with E-state index < -0.39 is 83.7 Å². The molecular formula is C46H77N3O16P2. The summed E-state index contributed by atoms with van der Waals surface area (Å²) in [5.41, 5.74) is 4.58. The Bertz CT molecular complexity index is 1840. The number of allylic oxidation sites excluding steroid dienone is 5. The molecule has 2 saturated heterocycles. The van der Waals surface area contributed by atoms with Gasteiger partial charge in [-0.3, -0.25) is 23.2 Å². The third-order valence-electron chi connectivity index (χ3n) is 11.1. The molecule has 0 saturated carbocycles. The number of aliphatic hydroxyl groups excluding tert-OH is 2. The molecule has 0 spiro atoms. The molecule has 3 rings (SSSR count). The topological polar surface area (TPSA) is 278 Å². The van der Waals surface area contributed by atoms with Crippen molar-refractivity contribution in [3.8, 4) is 0 Å². The van der Waals surface area contributed by atoms with E-state index in [9.17, 15) is 43.5 Å². The van der Waals surface area contributed by atoms with Crippen molar-refractivity contribution in [2.45, 2.75) is 192 Å². The number of anilines is 1. The van der Waals surface area contributed by atoms with Crippen LogP contribution in [-0.4, -0.2) is 97.9 Å². The third kappa shape index (κ3) is 25.4. The lowest BCUT2D eigenvalue weighted by Crippen LogP contribution is -2.36. The van der Waals surface area contributed by atoms with E-state index in [0.717, 1.165) is 62.1 Å². The predicted octanol–water partition coefficient (Wildman–Crippen LogP) is 8.06. The first kappa shape index (κ1) is 58.3. The second kappa shape index (κ2) is 31.9. The van der Waals surface area contributed by atoms with Gasteiger partial charge in [-0.05, 0) is 63.4 Å². The van der Waals surface area contributed by atoms with Crippen molar-refractivity contribution in [3.63, 3.8) is 0 Å². The van der Waals surface area contributed by atoms with E-state index in [1.807, 2.05) is 0 Å². The van der Waals surface area contributed by atoms with Crippen molar-refractivity contribution < 1.29 is 71.0 Å². The van der Waals surface area contributed by atoms with Crippen LogP contribution in [0.3, 0.4) is 0 Å². The van der Waals surface area contributed by atoms with Crippen molar-refractivity contribution in [2.75, 3.05) is 25.6 Å². The summed E-state index contributed by atoms with van der Waals surface area (Å²) in [5, 5.41) is 20.9. The molecule has 0 aliphatic carbocycles. The number of esters is 2. The van der Waals surface area contributed by atoms with Gasteiger partial charge in [0.05, 0.1) is 25.4 Å². The number of hydrogen-bond donors (Lipinski definition) is 5. The van der Waals surface area contributed by atoms with Gasteiger partial charge < -0.3 is 44.7 Å². The lowest BCUT2D eigenvalue weighted by atomic mass is 10.0. The number of unbranched alkanes of at least 4 members (excludes halogenated alkanes) is 10. The van der Waals surface area contributed by atoms with Crippen molar-refractivity contribution >= 4 is 33.4 Å². The molecule has 1 aromatic rings. The fourth-order valence-electron chi connectivity index (χ4n) is 7.23. The Kier molecular flexibility index (Phi) is 27.8. The highest BCUT2D eigenvalue weighted by Crippen LogP contribution is 2.60. The quantitative estimate of drug-likeness (QED) is 0.0138. The van der Waals surface area contributed by atoms with Crippen LogP contribution in [0.25, 0.3) is 0 Å². The number of aliphatic hydroxyl groups is 2. The number of phosphoric acid groups is 2. The van der Waals surface area contributed by atoms with E-state index in [2.05, 4.69) is 66.5 Å². The molecule has 21 heteroatoms. The van der Waals surface area contributed by atoms with Gasteiger partial charge in [0, 0.05) is 19.0 Å². The molecule has 0 amide bonds. The fraction of sp³-hybridized carbons (Fsp3) is 0.739. The van der Waals surface area contributed by atoms with Crippen LogP contribution < -0.4 is 11.4 Å². The van der Waals surface area contributed by atoms with E-state index >= 15 is 0 Å². The van der Waals surface area contributed by atoms with Gasteiger partial charge in [-0.2, -0.15) is 9.29 Å². The van der Waals surface area contributed by atoms with Gasteiger partial charge in [-0.1, -0.05) is 121 Å². The van der Waals surface area contributed by atoms with E-state index in [1.54, 1.807) is 0 Å². The van der Waals surface area contributed by atoms with Crippen LogP contribution in [0.1, 0.15) is 155 Å². The van der Waals surface area contributed by atoms with Crippen molar-refractivity contribution in [1.82, 2.24) is 9.55 Å². The van der Waals surface area contributed by atoms with Crippen LogP contribution in [0.4, 0.5) is 5.82 Å². The molecule has 0 bridgehead atoms. The van der Waals surface area contributed by atoms with Crippen LogP contribution in [0.5, 0.6) is 0 Å². The average Bonchev–Trinajstić information content (AvgIpc) is 3.95. The molecule has 2 aliphatic heterocycles. The molecule has 2 aliphatic rings. The number of rotatable bonds is 37. The Morgan fingerprint density at radius 1 is 0.791 bits per heavy atom. The Labute approximate surface area is 395 Å². The minimum Gasteiger partial charge on any atom is -0.462 e. The predicted molar refractivity (Wildman–Crippen MR) is 251 cm³/mol. The number of phosphoric ester groups is 2. The van der Waals surface area contributed by atoms with E-state index in [-0.39, 0.29) is 30.9 Å². The monoisotopic (exact) mass is 989 g/mol. The third-order valence-corrected chi connectivity index (χ3v) is 13.7. The zero-order chi connectivity index (χ0) is 49.1. The van der Waals surface area contributed by atoms with Crippen LogP contribution in [0, 0.1) is 5.92 Å². The van der Waals surface area contributed by atoms with Crippen molar-refractivity contribution in [1.29, 1.82) is 0 Å². The first-order valence-electron chi connectivity index (χ1n) is 24.0. The van der Waals surface area contributed by atoms with Gasteiger partial charge in [0.2, 0.25) is 0 Å². The molecule has 3 heterocycles. The Morgan fingerprint density at radius 2 is 1.43 bits per heavy atom. The van der Waals surface area contributed by atoms with Crippen LogP contribution in [0.15, 0.2) is 53.5 Å². The molecule has 0 radical (unpaired) electrons. The Balaban J connectivity index is 1.43. The first-order valence-corrected chi connectivity index (χ1v) is 27.0. The summed E-state index contributed by atoms with van der Waals surface area (Å²) in [6, 6.07) is 1.24. The fourth-order valence-corrected chi connectivity index (χ4v) is 9.34. The van der Waals surface area contributed by atoms with Crippen LogP contribution in [0.2, 0.25) is 0 Å². The second-order valence-corrected chi connectivity index (χ2v) is 20.5. The van der Waals surface area contributed by atoms with Gasteiger partial charge in [-0.25, -0.2) is 13.9 Å². The largest absolute Gasteiger partial charge is 0.481 e. The van der Waals surface area contributed by atoms with Gasteiger partial charge in [0.25, 0.3) is 0 Å². The highest BCUT2D eigenvalue weighted by atomic mass is 31.3. The normalized spacial score (nSPS) is 23.0. The maximum atomic E-state index is 12.8. The average molecular weight is 990 g/mol. The van der Waals surface area contributed by atoms with Gasteiger partial charge >= 0.3 is 33.3 Å². The van der Waals surface area contributed by atoms with Crippen LogP contribution in [-0.2, 0) is 51.0 Å². The van der Waals surface area contributed by atoms with Gasteiger partial charge in [0.15, 0.2) is 12.3 Å². The molecule has 382 valence electrons. The molecule has 1 aromatic heterocycles. The summed E-state index contributed by atoms with van der Waals surface area (Å²) in [4.78, 5) is 61.9. The molecular weight excluding hydrogens is 912 g/mol. The van der Waals surface area contributed by atoms with Crippen molar-refractivity contribution in [3.05, 3.63) is 59.2 Å². The highest BCUT2D eigenvalue weighted by Gasteiger charge is 2.46. The molecule has 2 fully saturated rings. The Morgan fingerprint density at radius 3 is 2.12 bits per heavy atom. The number of nitrogens with zero attached hydrogens (tertiary/aromatic N) is 2. The second-order valence-electron chi connectivity index (χ2n) is 17.5. The number of carbonyl (C=O) groups is 2. The first-order chi connectivity index (χ1) is 32.0. The maximum Gasteiger partial charge on any atom is 0.481 e. The number of epoxide rings is 1. The van der Waals surface area contributed by atoms with E-state index in [0.29, 0.717) is 25.2 Å². The summed E-state index contributed by atoms with van der Waals surface area (Å²) in [6.45, 7) is 4.27. The van der Waals surface area contributed by atoms with Gasteiger partial charge in [0.1, 0.15) is 30.7 Å².